The molecule has 0 bridgehead atoms. The Morgan fingerprint density at radius 1 is 1.25 bits per heavy atom. The molecule has 0 spiro atoms. The average molecular weight is 239 g/mol. The second-order valence-electron chi connectivity index (χ2n) is 4.04. The van der Waals surface area contributed by atoms with E-state index in [0.717, 1.165) is 18.0 Å². The zero-order valence-electron chi connectivity index (χ0n) is 9.04. The molecule has 16 heavy (non-hydrogen) atoms. The van der Waals surface area contributed by atoms with E-state index in [1.54, 1.807) is 6.20 Å². The molecular formula is C11H15ClN4. The highest BCUT2D eigenvalue weighted by atomic mass is 35.5. The van der Waals surface area contributed by atoms with Crippen LogP contribution in [0.25, 0.3) is 5.78 Å². The molecule has 1 aliphatic heterocycles. The molecule has 0 saturated carbocycles. The van der Waals surface area contributed by atoms with Gasteiger partial charge in [-0.05, 0) is 32.0 Å². The first-order chi connectivity index (χ1) is 7.42. The Morgan fingerprint density at radius 2 is 2.06 bits per heavy atom. The highest BCUT2D eigenvalue weighted by Gasteiger charge is 2.13. The SMILES string of the molecule is Cl.c1cnc2nc(CN3CCCC3)cn2c1. The van der Waals surface area contributed by atoms with Crippen LogP contribution in [0.1, 0.15) is 18.5 Å². The summed E-state index contributed by atoms with van der Waals surface area (Å²) < 4.78 is 1.98. The average Bonchev–Trinajstić information content (AvgIpc) is 2.86. The van der Waals surface area contributed by atoms with E-state index in [1.165, 1.54) is 25.9 Å². The maximum Gasteiger partial charge on any atom is 0.233 e. The van der Waals surface area contributed by atoms with Crippen molar-refractivity contribution in [3.63, 3.8) is 0 Å². The van der Waals surface area contributed by atoms with E-state index in [4.69, 9.17) is 0 Å². The molecule has 5 heteroatoms. The second-order valence-corrected chi connectivity index (χ2v) is 4.04. The van der Waals surface area contributed by atoms with Crippen molar-refractivity contribution in [2.24, 2.45) is 0 Å². The maximum absolute atomic E-state index is 4.49. The van der Waals surface area contributed by atoms with Crippen LogP contribution in [0.3, 0.4) is 0 Å². The van der Waals surface area contributed by atoms with Crippen LogP contribution in [0.15, 0.2) is 24.7 Å². The smallest absolute Gasteiger partial charge is 0.233 e. The molecule has 3 heterocycles. The van der Waals surface area contributed by atoms with Gasteiger partial charge in [-0.2, -0.15) is 0 Å². The Morgan fingerprint density at radius 3 is 2.81 bits per heavy atom. The Kier molecular flexibility index (Phi) is 3.41. The molecule has 0 amide bonds. The molecular weight excluding hydrogens is 224 g/mol. The fraction of sp³-hybridized carbons (Fsp3) is 0.455. The first-order valence-electron chi connectivity index (χ1n) is 5.43. The highest BCUT2D eigenvalue weighted by molar-refractivity contribution is 5.85. The van der Waals surface area contributed by atoms with Crippen LogP contribution in [-0.4, -0.2) is 32.4 Å². The van der Waals surface area contributed by atoms with Crippen molar-refractivity contribution in [1.82, 2.24) is 19.3 Å². The summed E-state index contributed by atoms with van der Waals surface area (Å²) in [5.74, 6) is 0.798. The van der Waals surface area contributed by atoms with Crippen LogP contribution >= 0.6 is 12.4 Å². The van der Waals surface area contributed by atoms with Gasteiger partial charge in [0.2, 0.25) is 5.78 Å². The molecule has 0 N–H and O–H groups in total. The zero-order chi connectivity index (χ0) is 10.1. The number of nitrogens with zero attached hydrogens (tertiary/aromatic N) is 4. The fourth-order valence-corrected chi connectivity index (χ4v) is 2.13. The minimum absolute atomic E-state index is 0. The van der Waals surface area contributed by atoms with Gasteiger partial charge in [-0.1, -0.05) is 0 Å². The van der Waals surface area contributed by atoms with Crippen molar-refractivity contribution in [3.8, 4) is 0 Å². The number of hydrogen-bond donors (Lipinski definition) is 0. The Labute approximate surface area is 101 Å². The molecule has 3 rings (SSSR count). The predicted octanol–water partition coefficient (Wildman–Crippen LogP) is 1.75. The van der Waals surface area contributed by atoms with E-state index >= 15 is 0 Å². The predicted molar refractivity (Wildman–Crippen MR) is 64.7 cm³/mol. The lowest BCUT2D eigenvalue weighted by molar-refractivity contribution is 0.328. The number of likely N-dealkylation sites (tertiary alicyclic amines) is 1. The van der Waals surface area contributed by atoms with Gasteiger partial charge in [-0.25, -0.2) is 9.97 Å². The summed E-state index contributed by atoms with van der Waals surface area (Å²) in [7, 11) is 0. The molecule has 4 nitrogen and oxygen atoms in total. The summed E-state index contributed by atoms with van der Waals surface area (Å²) in [6, 6.07) is 1.92. The van der Waals surface area contributed by atoms with Gasteiger partial charge in [0.25, 0.3) is 0 Å². The second kappa shape index (κ2) is 4.80. The summed E-state index contributed by atoms with van der Waals surface area (Å²) >= 11 is 0. The Bertz CT molecular complexity index is 429. The van der Waals surface area contributed by atoms with Gasteiger partial charge < -0.3 is 0 Å². The molecule has 0 radical (unpaired) electrons. The molecule has 2 aromatic heterocycles. The normalized spacial score (nSPS) is 16.5. The van der Waals surface area contributed by atoms with Gasteiger partial charge in [-0.15, -0.1) is 12.4 Å². The van der Waals surface area contributed by atoms with Crippen LogP contribution < -0.4 is 0 Å². The van der Waals surface area contributed by atoms with Gasteiger partial charge in [0, 0.05) is 25.1 Å². The third kappa shape index (κ3) is 2.18. The quantitative estimate of drug-likeness (QED) is 0.799. The van der Waals surface area contributed by atoms with Crippen LogP contribution in [0.4, 0.5) is 0 Å². The van der Waals surface area contributed by atoms with E-state index in [9.17, 15) is 0 Å². The van der Waals surface area contributed by atoms with Gasteiger partial charge in [0.05, 0.1) is 5.69 Å². The molecule has 1 aliphatic rings. The van der Waals surface area contributed by atoms with Crippen molar-refractivity contribution in [2.45, 2.75) is 19.4 Å². The monoisotopic (exact) mass is 238 g/mol. The number of rotatable bonds is 2. The topological polar surface area (TPSA) is 33.4 Å². The molecule has 0 unspecified atom stereocenters. The molecule has 0 atom stereocenters. The third-order valence-corrected chi connectivity index (χ3v) is 2.87. The molecule has 1 fully saturated rings. The molecule has 86 valence electrons. The lowest BCUT2D eigenvalue weighted by Crippen LogP contribution is -2.18. The largest absolute Gasteiger partial charge is 0.297 e. The van der Waals surface area contributed by atoms with Crippen molar-refractivity contribution in [3.05, 3.63) is 30.4 Å². The minimum atomic E-state index is 0. The molecule has 2 aromatic rings. The summed E-state index contributed by atoms with van der Waals surface area (Å²) in [4.78, 5) is 11.1. The summed E-state index contributed by atoms with van der Waals surface area (Å²) in [6.07, 6.45) is 8.49. The van der Waals surface area contributed by atoms with Crippen LogP contribution in [0, 0.1) is 0 Å². The fourth-order valence-electron chi connectivity index (χ4n) is 2.13. The van der Waals surface area contributed by atoms with Gasteiger partial charge >= 0.3 is 0 Å². The zero-order valence-corrected chi connectivity index (χ0v) is 9.86. The summed E-state index contributed by atoms with van der Waals surface area (Å²) in [5.41, 5.74) is 1.12. The van der Waals surface area contributed by atoms with E-state index in [2.05, 4.69) is 21.1 Å². The number of aromatic nitrogens is 3. The van der Waals surface area contributed by atoms with E-state index in [0.29, 0.717) is 0 Å². The van der Waals surface area contributed by atoms with Crippen LogP contribution in [0.2, 0.25) is 0 Å². The van der Waals surface area contributed by atoms with Crippen molar-refractivity contribution in [1.29, 1.82) is 0 Å². The van der Waals surface area contributed by atoms with Crippen molar-refractivity contribution < 1.29 is 0 Å². The van der Waals surface area contributed by atoms with E-state index in [-0.39, 0.29) is 12.4 Å². The molecule has 0 aliphatic carbocycles. The van der Waals surface area contributed by atoms with Gasteiger partial charge in [0.15, 0.2) is 0 Å². The number of imidazole rings is 1. The number of hydrogen-bond acceptors (Lipinski definition) is 3. The first kappa shape index (κ1) is 11.4. The van der Waals surface area contributed by atoms with E-state index < -0.39 is 0 Å². The maximum atomic E-state index is 4.49. The Balaban J connectivity index is 0.000000963. The highest BCUT2D eigenvalue weighted by Crippen LogP contribution is 2.12. The lowest BCUT2D eigenvalue weighted by Gasteiger charge is -2.11. The molecule has 1 saturated heterocycles. The van der Waals surface area contributed by atoms with Crippen LogP contribution in [0.5, 0.6) is 0 Å². The van der Waals surface area contributed by atoms with Gasteiger partial charge in [0.1, 0.15) is 0 Å². The Hall–Kier alpha value is -1.13. The minimum Gasteiger partial charge on any atom is -0.297 e. The standard InChI is InChI=1S/C11H14N4.ClH/c1-2-6-14(5-1)8-10-9-15-7-3-4-12-11(15)13-10;/h3-4,7,9H,1-2,5-6,8H2;1H. The van der Waals surface area contributed by atoms with Crippen LogP contribution in [-0.2, 0) is 6.54 Å². The number of fused-ring (bicyclic) bond motifs is 1. The first-order valence-corrected chi connectivity index (χ1v) is 5.43. The van der Waals surface area contributed by atoms with E-state index in [1.807, 2.05) is 16.7 Å². The summed E-state index contributed by atoms with van der Waals surface area (Å²) in [6.45, 7) is 3.38. The van der Waals surface area contributed by atoms with Gasteiger partial charge in [-0.3, -0.25) is 9.30 Å². The van der Waals surface area contributed by atoms with Crippen molar-refractivity contribution in [2.75, 3.05) is 13.1 Å². The third-order valence-electron chi connectivity index (χ3n) is 2.87. The molecule has 0 aromatic carbocycles. The lowest BCUT2D eigenvalue weighted by atomic mass is 10.4. The number of halogens is 1. The summed E-state index contributed by atoms with van der Waals surface area (Å²) in [5, 5.41) is 0. The van der Waals surface area contributed by atoms with Crippen molar-refractivity contribution >= 4 is 18.2 Å².